The van der Waals surface area contributed by atoms with E-state index in [0.29, 0.717) is 30.9 Å². The van der Waals surface area contributed by atoms with E-state index in [0.717, 1.165) is 0 Å². The molecule has 1 unspecified atom stereocenters. The molecule has 1 aromatic carbocycles. The van der Waals surface area contributed by atoms with Gasteiger partial charge in [-0.2, -0.15) is 5.26 Å². The maximum absolute atomic E-state index is 12.2. The topological polar surface area (TPSA) is 85.6 Å². The summed E-state index contributed by atoms with van der Waals surface area (Å²) in [5, 5.41) is 20.7. The number of nitrogens with one attached hydrogen (secondary N) is 1. The molecular weight excluding hydrogens is 270 g/mol. The van der Waals surface area contributed by atoms with E-state index in [1.165, 1.54) is 0 Å². The SMILES string of the molecule is COCCN(CCO)C(C)C(=O)Nc1cccc(C#N)c1. The number of amides is 1. The summed E-state index contributed by atoms with van der Waals surface area (Å²) >= 11 is 0. The summed E-state index contributed by atoms with van der Waals surface area (Å²) in [6.07, 6.45) is 0. The maximum Gasteiger partial charge on any atom is 0.241 e. The van der Waals surface area contributed by atoms with Gasteiger partial charge in [0.25, 0.3) is 0 Å². The fourth-order valence-corrected chi connectivity index (χ4v) is 1.92. The highest BCUT2D eigenvalue weighted by atomic mass is 16.5. The Bertz CT molecular complexity index is 499. The summed E-state index contributed by atoms with van der Waals surface area (Å²) in [5.74, 6) is -0.186. The van der Waals surface area contributed by atoms with Crippen molar-refractivity contribution in [2.75, 3.05) is 38.7 Å². The van der Waals surface area contributed by atoms with Gasteiger partial charge in [-0.3, -0.25) is 9.69 Å². The number of methoxy groups -OCH3 is 1. The fourth-order valence-electron chi connectivity index (χ4n) is 1.92. The van der Waals surface area contributed by atoms with E-state index in [2.05, 4.69) is 5.32 Å². The van der Waals surface area contributed by atoms with Crippen molar-refractivity contribution in [3.63, 3.8) is 0 Å². The highest BCUT2D eigenvalue weighted by Crippen LogP contribution is 2.11. The molecule has 6 heteroatoms. The highest BCUT2D eigenvalue weighted by molar-refractivity contribution is 5.94. The monoisotopic (exact) mass is 291 g/mol. The number of anilines is 1. The third-order valence-electron chi connectivity index (χ3n) is 3.16. The number of rotatable bonds is 8. The van der Waals surface area contributed by atoms with Gasteiger partial charge >= 0.3 is 0 Å². The summed E-state index contributed by atoms with van der Waals surface area (Å²) < 4.78 is 5.01. The van der Waals surface area contributed by atoms with Gasteiger partial charge in [-0.25, -0.2) is 0 Å². The van der Waals surface area contributed by atoms with Gasteiger partial charge in [0.1, 0.15) is 0 Å². The van der Waals surface area contributed by atoms with Crippen molar-refractivity contribution in [3.05, 3.63) is 29.8 Å². The number of hydrogen-bond donors (Lipinski definition) is 2. The first-order valence-corrected chi connectivity index (χ1v) is 6.77. The molecule has 0 aliphatic rings. The number of hydrogen-bond acceptors (Lipinski definition) is 5. The molecular formula is C15H21N3O3. The lowest BCUT2D eigenvalue weighted by atomic mass is 10.2. The van der Waals surface area contributed by atoms with E-state index >= 15 is 0 Å². The molecule has 0 aliphatic carbocycles. The normalized spacial score (nSPS) is 12.0. The molecule has 21 heavy (non-hydrogen) atoms. The van der Waals surface area contributed by atoms with E-state index in [1.54, 1.807) is 38.3 Å². The van der Waals surface area contributed by atoms with Crippen molar-refractivity contribution in [1.82, 2.24) is 4.90 Å². The van der Waals surface area contributed by atoms with Crippen LogP contribution in [0.25, 0.3) is 0 Å². The molecule has 0 aliphatic heterocycles. The van der Waals surface area contributed by atoms with Gasteiger partial charge in [0, 0.05) is 25.9 Å². The number of aliphatic hydroxyl groups excluding tert-OH is 1. The Morgan fingerprint density at radius 2 is 2.29 bits per heavy atom. The molecule has 0 saturated heterocycles. The fraction of sp³-hybridized carbons (Fsp3) is 0.467. The second kappa shape index (κ2) is 9.08. The van der Waals surface area contributed by atoms with Crippen LogP contribution in [0, 0.1) is 11.3 Å². The standard InChI is InChI=1S/C15H21N3O3/c1-12(18(6-8-19)7-9-21-2)15(20)17-14-5-3-4-13(10-14)11-16/h3-5,10,12,19H,6-9H2,1-2H3,(H,17,20). The number of nitrogens with zero attached hydrogens (tertiary/aromatic N) is 2. The molecule has 0 spiro atoms. The zero-order valence-electron chi connectivity index (χ0n) is 12.4. The van der Waals surface area contributed by atoms with Crippen LogP contribution in [0.4, 0.5) is 5.69 Å². The Morgan fingerprint density at radius 1 is 1.52 bits per heavy atom. The second-order valence-corrected chi connectivity index (χ2v) is 4.61. The van der Waals surface area contributed by atoms with Gasteiger partial charge in [-0.05, 0) is 25.1 Å². The maximum atomic E-state index is 12.2. The first-order chi connectivity index (χ1) is 10.1. The quantitative estimate of drug-likeness (QED) is 0.741. The summed E-state index contributed by atoms with van der Waals surface area (Å²) in [5.41, 5.74) is 1.08. The molecule has 0 bridgehead atoms. The van der Waals surface area contributed by atoms with Crippen LogP contribution >= 0.6 is 0 Å². The molecule has 0 radical (unpaired) electrons. The molecule has 2 N–H and O–H groups in total. The molecule has 1 atom stereocenters. The minimum atomic E-state index is -0.405. The Balaban J connectivity index is 2.68. The predicted molar refractivity (Wildman–Crippen MR) is 79.8 cm³/mol. The van der Waals surface area contributed by atoms with Crippen molar-refractivity contribution in [3.8, 4) is 6.07 Å². The van der Waals surface area contributed by atoms with E-state index in [1.807, 2.05) is 11.0 Å². The Hall–Kier alpha value is -1.94. The van der Waals surface area contributed by atoms with Crippen LogP contribution in [0.3, 0.4) is 0 Å². The first-order valence-electron chi connectivity index (χ1n) is 6.77. The lowest BCUT2D eigenvalue weighted by molar-refractivity contribution is -0.121. The number of ether oxygens (including phenoxy) is 1. The molecule has 1 aromatic rings. The van der Waals surface area contributed by atoms with Crippen molar-refractivity contribution in [2.24, 2.45) is 0 Å². The number of carbonyl (C=O) groups is 1. The van der Waals surface area contributed by atoms with Crippen molar-refractivity contribution >= 4 is 11.6 Å². The average molecular weight is 291 g/mol. The Kier molecular flexibility index (Phi) is 7.40. The second-order valence-electron chi connectivity index (χ2n) is 4.61. The van der Waals surface area contributed by atoms with Gasteiger partial charge in [-0.15, -0.1) is 0 Å². The Labute approximate surface area is 124 Å². The van der Waals surface area contributed by atoms with Crippen molar-refractivity contribution < 1.29 is 14.6 Å². The van der Waals surface area contributed by atoms with Gasteiger partial charge in [-0.1, -0.05) is 6.07 Å². The molecule has 114 valence electrons. The van der Waals surface area contributed by atoms with Crippen LogP contribution in [-0.4, -0.2) is 55.4 Å². The summed E-state index contributed by atoms with van der Waals surface area (Å²) in [6.45, 7) is 3.20. The third kappa shape index (κ3) is 5.52. The van der Waals surface area contributed by atoms with Gasteiger partial charge in [0.15, 0.2) is 0 Å². The zero-order chi connectivity index (χ0) is 15.7. The van der Waals surface area contributed by atoms with Gasteiger partial charge in [0.05, 0.1) is 30.9 Å². The summed E-state index contributed by atoms with van der Waals surface area (Å²) in [7, 11) is 1.59. The van der Waals surface area contributed by atoms with E-state index in [4.69, 9.17) is 15.1 Å². The van der Waals surface area contributed by atoms with E-state index < -0.39 is 6.04 Å². The van der Waals surface area contributed by atoms with Crippen LogP contribution in [0.2, 0.25) is 0 Å². The highest BCUT2D eigenvalue weighted by Gasteiger charge is 2.20. The number of nitriles is 1. The van der Waals surface area contributed by atoms with Gasteiger partial charge < -0.3 is 15.2 Å². The van der Waals surface area contributed by atoms with E-state index in [9.17, 15) is 4.79 Å². The number of carbonyl (C=O) groups excluding carboxylic acids is 1. The molecule has 1 rings (SSSR count). The van der Waals surface area contributed by atoms with E-state index in [-0.39, 0.29) is 12.5 Å². The largest absolute Gasteiger partial charge is 0.395 e. The third-order valence-corrected chi connectivity index (χ3v) is 3.16. The van der Waals surface area contributed by atoms with Gasteiger partial charge in [0.2, 0.25) is 5.91 Å². The van der Waals surface area contributed by atoms with Crippen LogP contribution in [0.5, 0.6) is 0 Å². The number of benzene rings is 1. The number of aliphatic hydroxyl groups is 1. The lowest BCUT2D eigenvalue weighted by Crippen LogP contribution is -2.44. The predicted octanol–water partition coefficient (Wildman–Crippen LogP) is 0.826. The van der Waals surface area contributed by atoms with Crippen molar-refractivity contribution in [1.29, 1.82) is 5.26 Å². The smallest absolute Gasteiger partial charge is 0.241 e. The Morgan fingerprint density at radius 3 is 2.90 bits per heavy atom. The molecule has 6 nitrogen and oxygen atoms in total. The van der Waals surface area contributed by atoms with Crippen LogP contribution < -0.4 is 5.32 Å². The minimum absolute atomic E-state index is 0.0226. The summed E-state index contributed by atoms with van der Waals surface area (Å²) in [4.78, 5) is 14.1. The van der Waals surface area contributed by atoms with Crippen molar-refractivity contribution in [2.45, 2.75) is 13.0 Å². The van der Waals surface area contributed by atoms with Crippen LogP contribution in [0.15, 0.2) is 24.3 Å². The molecule has 1 amide bonds. The van der Waals surface area contributed by atoms with Crippen LogP contribution in [0.1, 0.15) is 12.5 Å². The molecule has 0 aromatic heterocycles. The van der Waals surface area contributed by atoms with Crippen LogP contribution in [-0.2, 0) is 9.53 Å². The first kappa shape index (κ1) is 17.1. The zero-order valence-corrected chi connectivity index (χ0v) is 12.4. The molecule has 0 heterocycles. The minimum Gasteiger partial charge on any atom is -0.395 e. The molecule has 0 fully saturated rings. The molecule has 0 saturated carbocycles. The summed E-state index contributed by atoms with van der Waals surface area (Å²) in [6, 6.07) is 8.37. The average Bonchev–Trinajstić information content (AvgIpc) is 2.50. The lowest BCUT2D eigenvalue weighted by Gasteiger charge is -2.27.